The van der Waals surface area contributed by atoms with Gasteiger partial charge in [0.1, 0.15) is 0 Å². The highest BCUT2D eigenvalue weighted by atomic mass is 127. The number of anilines is 1. The highest BCUT2D eigenvalue weighted by molar-refractivity contribution is 14.1. The summed E-state index contributed by atoms with van der Waals surface area (Å²) in [6, 6.07) is 7.89. The summed E-state index contributed by atoms with van der Waals surface area (Å²) >= 11 is 5.87. The Hall–Kier alpha value is 0.120. The number of halogens is 1. The molecule has 2 rings (SSSR count). The molecule has 0 bridgehead atoms. The van der Waals surface area contributed by atoms with E-state index < -0.39 is 0 Å². The molecule has 1 heterocycles. The van der Waals surface area contributed by atoms with Crippen LogP contribution < -0.4 is 5.32 Å². The van der Waals surface area contributed by atoms with Gasteiger partial charge in [0.05, 0.1) is 5.25 Å². The summed E-state index contributed by atoms with van der Waals surface area (Å²) in [7, 11) is 0. The van der Waals surface area contributed by atoms with Crippen LogP contribution in [0.25, 0.3) is 0 Å². The SMILES string of the molecule is O=C(Nc1cccc(I)c1)C1CSCCS1. The average Bonchev–Trinajstić information content (AvgIpc) is 2.30. The highest BCUT2D eigenvalue weighted by Crippen LogP contribution is 2.25. The number of hydrogen-bond acceptors (Lipinski definition) is 3. The van der Waals surface area contributed by atoms with Crippen molar-refractivity contribution in [1.29, 1.82) is 0 Å². The van der Waals surface area contributed by atoms with Crippen molar-refractivity contribution >= 4 is 57.7 Å². The first-order chi connectivity index (χ1) is 7.75. The van der Waals surface area contributed by atoms with Crippen molar-refractivity contribution in [2.75, 3.05) is 22.6 Å². The zero-order valence-electron chi connectivity index (χ0n) is 8.61. The molecule has 1 aromatic carbocycles. The van der Waals surface area contributed by atoms with E-state index in [1.165, 1.54) is 0 Å². The van der Waals surface area contributed by atoms with Gasteiger partial charge in [0, 0.05) is 26.5 Å². The quantitative estimate of drug-likeness (QED) is 0.817. The van der Waals surface area contributed by atoms with Gasteiger partial charge in [-0.15, -0.1) is 11.8 Å². The molecule has 86 valence electrons. The van der Waals surface area contributed by atoms with Crippen LogP contribution in [0, 0.1) is 3.57 Å². The van der Waals surface area contributed by atoms with Crippen molar-refractivity contribution < 1.29 is 4.79 Å². The summed E-state index contributed by atoms with van der Waals surface area (Å²) in [5, 5.41) is 3.08. The summed E-state index contributed by atoms with van der Waals surface area (Å²) in [5.74, 6) is 3.31. The third-order valence-electron chi connectivity index (χ3n) is 2.20. The minimum atomic E-state index is 0.108. The maximum absolute atomic E-state index is 11.9. The van der Waals surface area contributed by atoms with Gasteiger partial charge in [-0.2, -0.15) is 11.8 Å². The molecule has 1 atom stereocenters. The third kappa shape index (κ3) is 3.56. The standard InChI is InChI=1S/C11H12INOS2/c12-8-2-1-3-9(6-8)13-11(14)10-7-15-4-5-16-10/h1-3,6,10H,4-5,7H2,(H,13,14). The second-order valence-electron chi connectivity index (χ2n) is 3.43. The largest absolute Gasteiger partial charge is 0.325 e. The van der Waals surface area contributed by atoms with Crippen molar-refractivity contribution in [3.8, 4) is 0 Å². The minimum absolute atomic E-state index is 0.108. The number of rotatable bonds is 2. The van der Waals surface area contributed by atoms with E-state index in [0.29, 0.717) is 0 Å². The maximum atomic E-state index is 11.9. The fourth-order valence-electron chi connectivity index (χ4n) is 1.43. The van der Waals surface area contributed by atoms with Crippen LogP contribution >= 0.6 is 46.1 Å². The molecule has 0 aromatic heterocycles. The molecule has 1 fully saturated rings. The van der Waals surface area contributed by atoms with E-state index in [4.69, 9.17) is 0 Å². The van der Waals surface area contributed by atoms with Gasteiger partial charge >= 0.3 is 0 Å². The molecule has 1 amide bonds. The summed E-state index contributed by atoms with van der Waals surface area (Å²) in [6.07, 6.45) is 0. The second kappa shape index (κ2) is 6.16. The number of amides is 1. The van der Waals surface area contributed by atoms with E-state index in [9.17, 15) is 4.79 Å². The molecule has 1 aliphatic heterocycles. The van der Waals surface area contributed by atoms with Crippen LogP contribution in [0.2, 0.25) is 0 Å². The van der Waals surface area contributed by atoms with E-state index in [1.54, 1.807) is 11.8 Å². The number of thioether (sulfide) groups is 2. The van der Waals surface area contributed by atoms with E-state index in [0.717, 1.165) is 26.5 Å². The number of carbonyl (C=O) groups is 1. The summed E-state index contributed by atoms with van der Waals surface area (Å²) < 4.78 is 1.14. The molecule has 0 spiro atoms. The Morgan fingerprint density at radius 1 is 1.44 bits per heavy atom. The molecule has 5 heteroatoms. The summed E-state index contributed by atoms with van der Waals surface area (Å²) in [4.78, 5) is 11.9. The molecular formula is C11H12INOS2. The van der Waals surface area contributed by atoms with E-state index >= 15 is 0 Å². The van der Waals surface area contributed by atoms with Gasteiger partial charge in [0.25, 0.3) is 0 Å². The van der Waals surface area contributed by atoms with Gasteiger partial charge in [-0.05, 0) is 40.8 Å². The van der Waals surface area contributed by atoms with Crippen molar-refractivity contribution in [3.63, 3.8) is 0 Å². The van der Waals surface area contributed by atoms with Crippen molar-refractivity contribution in [3.05, 3.63) is 27.8 Å². The molecule has 1 saturated heterocycles. The molecule has 2 nitrogen and oxygen atoms in total. The van der Waals surface area contributed by atoms with Gasteiger partial charge in [-0.25, -0.2) is 0 Å². The van der Waals surface area contributed by atoms with Crippen LogP contribution in [0.15, 0.2) is 24.3 Å². The number of nitrogens with one attached hydrogen (secondary N) is 1. The first-order valence-electron chi connectivity index (χ1n) is 5.01. The van der Waals surface area contributed by atoms with Crippen molar-refractivity contribution in [2.45, 2.75) is 5.25 Å². The molecule has 1 aliphatic rings. The normalized spacial score (nSPS) is 20.4. The topological polar surface area (TPSA) is 29.1 Å². The Kier molecular flexibility index (Phi) is 4.84. The van der Waals surface area contributed by atoms with Crippen LogP contribution in [0.1, 0.15) is 0 Å². The molecule has 0 aliphatic carbocycles. The molecule has 1 unspecified atom stereocenters. The van der Waals surface area contributed by atoms with E-state index in [2.05, 4.69) is 27.9 Å². The molecule has 0 saturated carbocycles. The van der Waals surface area contributed by atoms with Crippen LogP contribution in [0.5, 0.6) is 0 Å². The Balaban J connectivity index is 1.96. The predicted molar refractivity (Wildman–Crippen MR) is 81.4 cm³/mol. The van der Waals surface area contributed by atoms with Crippen LogP contribution in [-0.2, 0) is 4.79 Å². The number of benzene rings is 1. The van der Waals surface area contributed by atoms with Crippen LogP contribution in [0.3, 0.4) is 0 Å². The monoisotopic (exact) mass is 365 g/mol. The fourth-order valence-corrected chi connectivity index (χ4v) is 4.53. The Morgan fingerprint density at radius 3 is 3.00 bits per heavy atom. The zero-order valence-corrected chi connectivity index (χ0v) is 12.4. The van der Waals surface area contributed by atoms with Crippen molar-refractivity contribution in [1.82, 2.24) is 0 Å². The van der Waals surface area contributed by atoms with Crippen LogP contribution in [-0.4, -0.2) is 28.4 Å². The van der Waals surface area contributed by atoms with Crippen LogP contribution in [0.4, 0.5) is 5.69 Å². The first-order valence-corrected chi connectivity index (χ1v) is 8.30. The Morgan fingerprint density at radius 2 is 2.31 bits per heavy atom. The lowest BCUT2D eigenvalue weighted by Crippen LogP contribution is -2.30. The van der Waals surface area contributed by atoms with E-state index in [1.807, 2.05) is 36.0 Å². The molecule has 1 aromatic rings. The van der Waals surface area contributed by atoms with Gasteiger partial charge in [0.15, 0.2) is 0 Å². The molecule has 1 N–H and O–H groups in total. The van der Waals surface area contributed by atoms with Gasteiger partial charge < -0.3 is 5.32 Å². The zero-order chi connectivity index (χ0) is 11.4. The smallest absolute Gasteiger partial charge is 0.238 e. The molecule has 16 heavy (non-hydrogen) atoms. The summed E-state index contributed by atoms with van der Waals surface area (Å²) in [5.41, 5.74) is 0.896. The summed E-state index contributed by atoms with van der Waals surface area (Å²) in [6.45, 7) is 0. The molecule has 0 radical (unpaired) electrons. The van der Waals surface area contributed by atoms with Gasteiger partial charge in [0.2, 0.25) is 5.91 Å². The van der Waals surface area contributed by atoms with Crippen molar-refractivity contribution in [2.24, 2.45) is 0 Å². The Labute approximate surface area is 117 Å². The Bertz CT molecular complexity index is 380. The fraction of sp³-hybridized carbons (Fsp3) is 0.364. The first kappa shape index (κ1) is 12.6. The number of carbonyl (C=O) groups excluding carboxylic acids is 1. The van der Waals surface area contributed by atoms with Gasteiger partial charge in [-0.3, -0.25) is 4.79 Å². The lowest BCUT2D eigenvalue weighted by atomic mass is 10.3. The number of hydrogen-bond donors (Lipinski definition) is 1. The predicted octanol–water partition coefficient (Wildman–Crippen LogP) is 3.08. The highest BCUT2D eigenvalue weighted by Gasteiger charge is 2.21. The third-order valence-corrected chi connectivity index (χ3v) is 5.63. The second-order valence-corrected chi connectivity index (χ2v) is 7.14. The van der Waals surface area contributed by atoms with E-state index in [-0.39, 0.29) is 11.2 Å². The van der Waals surface area contributed by atoms with Gasteiger partial charge in [-0.1, -0.05) is 6.07 Å². The lowest BCUT2D eigenvalue weighted by molar-refractivity contribution is -0.115. The maximum Gasteiger partial charge on any atom is 0.238 e. The minimum Gasteiger partial charge on any atom is -0.325 e. The molecular weight excluding hydrogens is 353 g/mol. The lowest BCUT2D eigenvalue weighted by Gasteiger charge is -2.20. The average molecular weight is 365 g/mol.